The lowest BCUT2D eigenvalue weighted by Crippen LogP contribution is -2.13. The second-order valence-corrected chi connectivity index (χ2v) is 3.62. The van der Waals surface area contributed by atoms with E-state index in [1.165, 1.54) is 0 Å². The van der Waals surface area contributed by atoms with Crippen LogP contribution in [0, 0.1) is 0 Å². The average molecular weight is 232 g/mol. The molecule has 0 atom stereocenters. The van der Waals surface area contributed by atoms with Gasteiger partial charge in [-0.25, -0.2) is 4.98 Å². The van der Waals surface area contributed by atoms with Crippen molar-refractivity contribution in [2.24, 2.45) is 0 Å². The SMILES string of the molecule is CCNCc1cccnc1OCc1ccco1. The van der Waals surface area contributed by atoms with Crippen LogP contribution in [-0.2, 0) is 13.2 Å². The van der Waals surface area contributed by atoms with Crippen LogP contribution in [0.25, 0.3) is 0 Å². The Hall–Kier alpha value is -1.81. The van der Waals surface area contributed by atoms with E-state index in [4.69, 9.17) is 9.15 Å². The van der Waals surface area contributed by atoms with Gasteiger partial charge in [0.2, 0.25) is 5.88 Å². The average Bonchev–Trinajstić information content (AvgIpc) is 2.88. The summed E-state index contributed by atoms with van der Waals surface area (Å²) >= 11 is 0. The minimum atomic E-state index is 0.406. The molecule has 0 radical (unpaired) electrons. The molecule has 0 aliphatic carbocycles. The summed E-state index contributed by atoms with van der Waals surface area (Å²) in [6.45, 7) is 4.16. The molecular formula is C13H16N2O2. The van der Waals surface area contributed by atoms with Gasteiger partial charge in [-0.3, -0.25) is 0 Å². The molecule has 17 heavy (non-hydrogen) atoms. The van der Waals surface area contributed by atoms with Crippen molar-refractivity contribution in [1.29, 1.82) is 0 Å². The van der Waals surface area contributed by atoms with Crippen molar-refractivity contribution in [2.75, 3.05) is 6.54 Å². The van der Waals surface area contributed by atoms with E-state index in [1.807, 2.05) is 24.3 Å². The summed E-state index contributed by atoms with van der Waals surface area (Å²) in [5.41, 5.74) is 1.06. The molecule has 4 nitrogen and oxygen atoms in total. The van der Waals surface area contributed by atoms with Crippen molar-refractivity contribution in [3.63, 3.8) is 0 Å². The standard InChI is InChI=1S/C13H16N2O2/c1-2-14-9-11-5-3-7-15-13(11)17-10-12-6-4-8-16-12/h3-8,14H,2,9-10H2,1H3. The van der Waals surface area contributed by atoms with Crippen LogP contribution in [0.2, 0.25) is 0 Å². The molecule has 2 rings (SSSR count). The van der Waals surface area contributed by atoms with Crippen LogP contribution >= 0.6 is 0 Å². The first-order chi connectivity index (χ1) is 8.40. The number of pyridine rings is 1. The molecule has 0 spiro atoms. The minimum absolute atomic E-state index is 0.406. The number of nitrogens with zero attached hydrogens (tertiary/aromatic N) is 1. The Balaban J connectivity index is 1.99. The highest BCUT2D eigenvalue weighted by Gasteiger charge is 2.05. The van der Waals surface area contributed by atoms with Crippen molar-refractivity contribution in [1.82, 2.24) is 10.3 Å². The Bertz CT molecular complexity index is 440. The predicted octanol–water partition coefficient (Wildman–Crippen LogP) is 2.36. The fraction of sp³-hybridized carbons (Fsp3) is 0.308. The van der Waals surface area contributed by atoms with E-state index in [0.717, 1.165) is 24.4 Å². The van der Waals surface area contributed by atoms with Crippen molar-refractivity contribution in [2.45, 2.75) is 20.1 Å². The Morgan fingerprint density at radius 2 is 2.29 bits per heavy atom. The molecule has 2 aromatic rings. The van der Waals surface area contributed by atoms with Gasteiger partial charge < -0.3 is 14.5 Å². The Labute approximate surface area is 101 Å². The maximum atomic E-state index is 5.63. The van der Waals surface area contributed by atoms with Gasteiger partial charge in [-0.05, 0) is 24.7 Å². The fourth-order valence-corrected chi connectivity index (χ4v) is 1.48. The van der Waals surface area contributed by atoms with Crippen LogP contribution in [0.1, 0.15) is 18.2 Å². The van der Waals surface area contributed by atoms with E-state index in [-0.39, 0.29) is 0 Å². The lowest BCUT2D eigenvalue weighted by molar-refractivity contribution is 0.257. The van der Waals surface area contributed by atoms with Crippen LogP contribution in [0.15, 0.2) is 41.1 Å². The normalized spacial score (nSPS) is 10.4. The van der Waals surface area contributed by atoms with E-state index >= 15 is 0 Å². The monoisotopic (exact) mass is 232 g/mol. The molecule has 0 aliphatic rings. The molecule has 0 fully saturated rings. The summed E-state index contributed by atoms with van der Waals surface area (Å²) in [7, 11) is 0. The number of hydrogen-bond acceptors (Lipinski definition) is 4. The molecule has 1 N–H and O–H groups in total. The largest absolute Gasteiger partial charge is 0.469 e. The van der Waals surface area contributed by atoms with Gasteiger partial charge in [0.15, 0.2) is 0 Å². The minimum Gasteiger partial charge on any atom is -0.469 e. The first kappa shape index (κ1) is 11.7. The molecule has 4 heteroatoms. The van der Waals surface area contributed by atoms with Gasteiger partial charge in [0.05, 0.1) is 6.26 Å². The van der Waals surface area contributed by atoms with Crippen LogP contribution in [-0.4, -0.2) is 11.5 Å². The zero-order valence-corrected chi connectivity index (χ0v) is 9.85. The molecule has 0 bridgehead atoms. The summed E-state index contributed by atoms with van der Waals surface area (Å²) in [5, 5.41) is 3.25. The number of aromatic nitrogens is 1. The smallest absolute Gasteiger partial charge is 0.218 e. The van der Waals surface area contributed by atoms with Gasteiger partial charge in [0.25, 0.3) is 0 Å². The second-order valence-electron chi connectivity index (χ2n) is 3.62. The van der Waals surface area contributed by atoms with Gasteiger partial charge >= 0.3 is 0 Å². The number of ether oxygens (including phenoxy) is 1. The van der Waals surface area contributed by atoms with E-state index < -0.39 is 0 Å². The summed E-state index contributed by atoms with van der Waals surface area (Å²) in [5.74, 6) is 1.45. The molecule has 0 saturated heterocycles. The highest BCUT2D eigenvalue weighted by atomic mass is 16.5. The molecule has 0 saturated carbocycles. The molecule has 0 aliphatic heterocycles. The lowest BCUT2D eigenvalue weighted by atomic mass is 10.2. The molecule has 2 heterocycles. The van der Waals surface area contributed by atoms with E-state index in [2.05, 4.69) is 17.2 Å². The third-order valence-electron chi connectivity index (χ3n) is 2.35. The van der Waals surface area contributed by atoms with Crippen LogP contribution in [0.4, 0.5) is 0 Å². The summed E-state index contributed by atoms with van der Waals surface area (Å²) in [6.07, 6.45) is 3.36. The first-order valence-electron chi connectivity index (χ1n) is 5.70. The fourth-order valence-electron chi connectivity index (χ4n) is 1.48. The van der Waals surface area contributed by atoms with Crippen LogP contribution in [0.5, 0.6) is 5.88 Å². The maximum absolute atomic E-state index is 5.63. The molecular weight excluding hydrogens is 216 g/mol. The number of hydrogen-bond donors (Lipinski definition) is 1. The lowest BCUT2D eigenvalue weighted by Gasteiger charge is -2.09. The molecule has 2 aromatic heterocycles. The van der Waals surface area contributed by atoms with Crippen LogP contribution in [0.3, 0.4) is 0 Å². The summed E-state index contributed by atoms with van der Waals surface area (Å²) in [4.78, 5) is 4.23. The molecule has 0 unspecified atom stereocenters. The Morgan fingerprint density at radius 3 is 3.06 bits per heavy atom. The molecule has 90 valence electrons. The third kappa shape index (κ3) is 3.32. The number of rotatable bonds is 6. The van der Waals surface area contributed by atoms with Crippen LogP contribution < -0.4 is 10.1 Å². The van der Waals surface area contributed by atoms with Gasteiger partial charge in [0.1, 0.15) is 12.4 Å². The van der Waals surface area contributed by atoms with Gasteiger partial charge in [-0.2, -0.15) is 0 Å². The van der Waals surface area contributed by atoms with Gasteiger partial charge in [-0.15, -0.1) is 0 Å². The van der Waals surface area contributed by atoms with E-state index in [0.29, 0.717) is 12.5 Å². The quantitative estimate of drug-likeness (QED) is 0.830. The molecule has 0 aromatic carbocycles. The number of nitrogens with one attached hydrogen (secondary N) is 1. The Morgan fingerprint density at radius 1 is 1.35 bits per heavy atom. The van der Waals surface area contributed by atoms with Crippen molar-refractivity contribution >= 4 is 0 Å². The first-order valence-corrected chi connectivity index (χ1v) is 5.70. The zero-order chi connectivity index (χ0) is 11.9. The zero-order valence-electron chi connectivity index (χ0n) is 9.85. The summed E-state index contributed by atoms with van der Waals surface area (Å²) in [6, 6.07) is 7.64. The van der Waals surface area contributed by atoms with Gasteiger partial charge in [-0.1, -0.05) is 13.0 Å². The number of furan rings is 1. The van der Waals surface area contributed by atoms with E-state index in [9.17, 15) is 0 Å². The second kappa shape index (κ2) is 6.06. The summed E-state index contributed by atoms with van der Waals surface area (Å²) < 4.78 is 10.8. The highest BCUT2D eigenvalue weighted by molar-refractivity contribution is 5.25. The van der Waals surface area contributed by atoms with Gasteiger partial charge in [0, 0.05) is 18.3 Å². The van der Waals surface area contributed by atoms with Crippen molar-refractivity contribution in [3.8, 4) is 5.88 Å². The van der Waals surface area contributed by atoms with E-state index in [1.54, 1.807) is 12.5 Å². The maximum Gasteiger partial charge on any atom is 0.218 e. The third-order valence-corrected chi connectivity index (χ3v) is 2.35. The molecule has 0 amide bonds. The van der Waals surface area contributed by atoms with Crippen molar-refractivity contribution in [3.05, 3.63) is 48.0 Å². The van der Waals surface area contributed by atoms with Crippen molar-refractivity contribution < 1.29 is 9.15 Å². The highest BCUT2D eigenvalue weighted by Crippen LogP contribution is 2.15. The topological polar surface area (TPSA) is 47.3 Å². The Kier molecular flexibility index (Phi) is 4.16. The predicted molar refractivity (Wildman–Crippen MR) is 64.7 cm³/mol.